The lowest BCUT2D eigenvalue weighted by Crippen LogP contribution is -2.07. The van der Waals surface area contributed by atoms with E-state index in [2.05, 4.69) is 4.74 Å². The van der Waals surface area contributed by atoms with Crippen molar-refractivity contribution in [3.05, 3.63) is 23.8 Å². The molecule has 0 fully saturated rings. The van der Waals surface area contributed by atoms with E-state index < -0.39 is 10.1 Å². The fraction of sp³-hybridized carbons (Fsp3) is 0.619. The van der Waals surface area contributed by atoms with Crippen molar-refractivity contribution in [2.75, 3.05) is 40.3 Å². The van der Waals surface area contributed by atoms with E-state index >= 15 is 0 Å². The Balaban J connectivity index is 2.57. The summed E-state index contributed by atoms with van der Waals surface area (Å²) in [5.74, 6) is 0.623. The quantitative estimate of drug-likeness (QED) is 0.209. The van der Waals surface area contributed by atoms with Crippen LogP contribution in [0.3, 0.4) is 0 Å². The molecule has 0 aliphatic carbocycles. The summed E-state index contributed by atoms with van der Waals surface area (Å²) in [6.45, 7) is 0.935. The summed E-state index contributed by atoms with van der Waals surface area (Å²) in [5, 5.41) is 0. The molecule has 0 bridgehead atoms. The maximum absolute atomic E-state index is 11.5. The van der Waals surface area contributed by atoms with Gasteiger partial charge in [-0.3, -0.25) is 13.8 Å². The van der Waals surface area contributed by atoms with Crippen LogP contribution in [0.4, 0.5) is 0 Å². The molecule has 1 aromatic rings. The predicted molar refractivity (Wildman–Crippen MR) is 114 cm³/mol. The lowest BCUT2D eigenvalue weighted by molar-refractivity contribution is -0.141. The van der Waals surface area contributed by atoms with Crippen LogP contribution in [-0.4, -0.2) is 60.7 Å². The van der Waals surface area contributed by atoms with Gasteiger partial charge >= 0.3 is 11.9 Å². The molecule has 1 aromatic carbocycles. The maximum Gasteiger partial charge on any atom is 0.305 e. The summed E-state index contributed by atoms with van der Waals surface area (Å²) >= 11 is 0. The average Bonchev–Trinajstić information content (AvgIpc) is 2.74. The number of esters is 2. The summed E-state index contributed by atoms with van der Waals surface area (Å²) in [5.41, 5.74) is 0.854. The number of hydrogen-bond donors (Lipinski definition) is 0. The molecular formula is C21H32O9S. The largest absolute Gasteiger partial charge is 0.493 e. The summed E-state index contributed by atoms with van der Waals surface area (Å²) in [4.78, 5) is 22.6. The van der Waals surface area contributed by atoms with Gasteiger partial charge in [0.1, 0.15) is 11.5 Å². The first kappa shape index (κ1) is 26.7. The van der Waals surface area contributed by atoms with Crippen LogP contribution in [0.15, 0.2) is 18.2 Å². The summed E-state index contributed by atoms with van der Waals surface area (Å²) in [7, 11) is -0.719. The third kappa shape index (κ3) is 12.8. The third-order valence-corrected chi connectivity index (χ3v) is 4.82. The molecule has 0 amide bonds. The number of carbonyl (C=O) groups is 2. The zero-order valence-electron chi connectivity index (χ0n) is 18.4. The average molecular weight is 461 g/mol. The lowest BCUT2D eigenvalue weighted by atomic mass is 10.1. The number of unbranched alkanes of at least 4 members (excludes halogenated alkanes) is 2. The van der Waals surface area contributed by atoms with Crippen LogP contribution in [0.2, 0.25) is 0 Å². The van der Waals surface area contributed by atoms with E-state index in [4.69, 9.17) is 18.4 Å². The Morgan fingerprint density at radius 3 is 2.16 bits per heavy atom. The highest BCUT2D eigenvalue weighted by Crippen LogP contribution is 2.27. The smallest absolute Gasteiger partial charge is 0.305 e. The number of benzene rings is 1. The molecule has 10 heteroatoms. The molecule has 0 saturated carbocycles. The van der Waals surface area contributed by atoms with Gasteiger partial charge in [-0.2, -0.15) is 8.42 Å². The minimum Gasteiger partial charge on any atom is -0.493 e. The number of aryl methyl sites for hydroxylation is 1. The van der Waals surface area contributed by atoms with E-state index in [1.54, 1.807) is 12.1 Å². The zero-order valence-corrected chi connectivity index (χ0v) is 19.2. The molecule has 0 aliphatic heterocycles. The van der Waals surface area contributed by atoms with Crippen LogP contribution < -0.4 is 9.47 Å². The first-order chi connectivity index (χ1) is 14.7. The number of rotatable bonds is 16. The first-order valence-electron chi connectivity index (χ1n) is 10.1. The number of hydrogen-bond acceptors (Lipinski definition) is 9. The third-order valence-electron chi connectivity index (χ3n) is 4.23. The molecule has 0 aromatic heterocycles. The fourth-order valence-corrected chi connectivity index (χ4v) is 3.01. The summed E-state index contributed by atoms with van der Waals surface area (Å²) < 4.78 is 47.4. The molecular weight excluding hydrogens is 428 g/mol. The second-order valence-corrected chi connectivity index (χ2v) is 8.45. The fourth-order valence-electron chi connectivity index (χ4n) is 2.59. The van der Waals surface area contributed by atoms with Crippen LogP contribution in [0.25, 0.3) is 0 Å². The van der Waals surface area contributed by atoms with Crippen LogP contribution in [0, 0.1) is 0 Å². The molecule has 0 unspecified atom stereocenters. The SMILES string of the molecule is COC(=O)CCCOc1ccc(CCC(=O)OC)c(OCCCCCOS(C)(=O)=O)c1. The van der Waals surface area contributed by atoms with Crippen LogP contribution in [0.5, 0.6) is 11.5 Å². The van der Waals surface area contributed by atoms with Gasteiger partial charge in [-0.05, 0) is 43.7 Å². The topological polar surface area (TPSA) is 114 Å². The highest BCUT2D eigenvalue weighted by atomic mass is 32.2. The van der Waals surface area contributed by atoms with E-state index in [9.17, 15) is 18.0 Å². The Morgan fingerprint density at radius 1 is 0.839 bits per heavy atom. The molecule has 9 nitrogen and oxygen atoms in total. The van der Waals surface area contributed by atoms with Gasteiger partial charge in [0, 0.05) is 18.9 Å². The van der Waals surface area contributed by atoms with E-state index in [-0.39, 0.29) is 31.4 Å². The van der Waals surface area contributed by atoms with Gasteiger partial charge in [0.25, 0.3) is 10.1 Å². The van der Waals surface area contributed by atoms with Gasteiger partial charge in [0.2, 0.25) is 0 Å². The molecule has 1 rings (SSSR count). The van der Waals surface area contributed by atoms with Gasteiger partial charge in [0.05, 0.1) is 40.3 Å². The molecule has 0 heterocycles. The first-order valence-corrected chi connectivity index (χ1v) is 11.9. The Morgan fingerprint density at radius 2 is 1.48 bits per heavy atom. The minimum absolute atomic E-state index is 0.151. The number of ether oxygens (including phenoxy) is 4. The van der Waals surface area contributed by atoms with Crippen molar-refractivity contribution in [1.29, 1.82) is 0 Å². The second kappa shape index (κ2) is 14.6. The second-order valence-electron chi connectivity index (χ2n) is 6.81. The van der Waals surface area contributed by atoms with E-state index in [1.165, 1.54) is 14.2 Å². The van der Waals surface area contributed by atoms with E-state index in [0.717, 1.165) is 18.2 Å². The molecule has 176 valence electrons. The van der Waals surface area contributed by atoms with Crippen LogP contribution in [0.1, 0.15) is 44.1 Å². The molecule has 0 atom stereocenters. The Hall–Kier alpha value is -2.33. The Kier molecular flexibility index (Phi) is 12.6. The standard InChI is InChI=1S/C21H32O9S/c1-26-20(22)8-7-14-28-18-11-9-17(10-12-21(23)27-2)19(16-18)29-13-5-4-6-15-30-31(3,24)25/h9,11,16H,4-8,10,12-15H2,1-3H3. The predicted octanol–water partition coefficient (Wildman–Crippen LogP) is 2.65. The van der Waals surface area contributed by atoms with Gasteiger partial charge < -0.3 is 18.9 Å². The van der Waals surface area contributed by atoms with Crippen molar-refractivity contribution >= 4 is 22.1 Å². The lowest BCUT2D eigenvalue weighted by Gasteiger charge is -2.14. The van der Waals surface area contributed by atoms with Gasteiger partial charge in [-0.15, -0.1) is 0 Å². The van der Waals surface area contributed by atoms with Crippen molar-refractivity contribution in [1.82, 2.24) is 0 Å². The highest BCUT2D eigenvalue weighted by molar-refractivity contribution is 7.85. The molecule has 0 saturated heterocycles. The monoisotopic (exact) mass is 460 g/mol. The molecule has 0 aliphatic rings. The molecule has 0 N–H and O–H groups in total. The van der Waals surface area contributed by atoms with E-state index in [1.807, 2.05) is 6.07 Å². The summed E-state index contributed by atoms with van der Waals surface area (Å²) in [6, 6.07) is 5.39. The number of methoxy groups -OCH3 is 2. The zero-order chi connectivity index (χ0) is 23.1. The minimum atomic E-state index is -3.41. The highest BCUT2D eigenvalue weighted by Gasteiger charge is 2.10. The molecule has 0 radical (unpaired) electrons. The van der Waals surface area contributed by atoms with Crippen LogP contribution >= 0.6 is 0 Å². The summed E-state index contributed by atoms with van der Waals surface area (Å²) in [6.07, 6.45) is 4.60. The van der Waals surface area contributed by atoms with Gasteiger partial charge in [-0.25, -0.2) is 0 Å². The van der Waals surface area contributed by atoms with Crippen molar-refractivity contribution in [3.8, 4) is 11.5 Å². The van der Waals surface area contributed by atoms with E-state index in [0.29, 0.717) is 50.4 Å². The van der Waals surface area contributed by atoms with Crippen molar-refractivity contribution < 1.29 is 41.1 Å². The van der Waals surface area contributed by atoms with Gasteiger partial charge in [-0.1, -0.05) is 6.07 Å². The van der Waals surface area contributed by atoms with Crippen molar-refractivity contribution in [3.63, 3.8) is 0 Å². The molecule has 0 spiro atoms. The molecule has 31 heavy (non-hydrogen) atoms. The normalized spacial score (nSPS) is 11.1. The maximum atomic E-state index is 11.5. The Bertz CT molecular complexity index is 790. The Labute approximate surface area is 184 Å². The van der Waals surface area contributed by atoms with Gasteiger partial charge in [0.15, 0.2) is 0 Å². The van der Waals surface area contributed by atoms with Crippen molar-refractivity contribution in [2.24, 2.45) is 0 Å². The van der Waals surface area contributed by atoms with Crippen molar-refractivity contribution in [2.45, 2.75) is 44.9 Å². The van der Waals surface area contributed by atoms with Crippen LogP contribution in [-0.2, 0) is 39.8 Å². The number of carbonyl (C=O) groups excluding carboxylic acids is 2.